The summed E-state index contributed by atoms with van der Waals surface area (Å²) in [5.41, 5.74) is 19.3. The fourth-order valence-electron chi connectivity index (χ4n) is 12.4. The van der Waals surface area contributed by atoms with E-state index in [4.69, 9.17) is 26.4 Å². The molecule has 1 aliphatic rings. The first kappa shape index (κ1) is 68.7. The summed E-state index contributed by atoms with van der Waals surface area (Å²) in [5.74, 6) is 3.29. The van der Waals surface area contributed by atoms with E-state index < -0.39 is 0 Å². The Labute approximate surface area is 690 Å². The molecule has 0 saturated heterocycles. The van der Waals surface area contributed by atoms with Crippen LogP contribution in [0.15, 0.2) is 291 Å². The number of para-hydroxylation sites is 3. The number of ketones is 1. The van der Waals surface area contributed by atoms with Gasteiger partial charge in [-0.2, -0.15) is 0 Å². The van der Waals surface area contributed by atoms with E-state index >= 15 is 0 Å². The van der Waals surface area contributed by atoms with Crippen LogP contribution in [0.5, 0.6) is 0 Å². The van der Waals surface area contributed by atoms with Crippen molar-refractivity contribution in [1.29, 1.82) is 0 Å². The van der Waals surface area contributed by atoms with E-state index in [0.717, 1.165) is 56.5 Å². The van der Waals surface area contributed by atoms with E-state index in [2.05, 4.69) is 180 Å². The Kier molecular flexibility index (Phi) is 22.5. The first-order valence-electron chi connectivity index (χ1n) is 32.1. The number of aromatic amines is 2. The Morgan fingerprint density at radius 3 is 1.28 bits per heavy atom. The third-order valence-corrected chi connectivity index (χ3v) is 16.7. The van der Waals surface area contributed by atoms with Gasteiger partial charge in [-0.3, -0.25) is 4.79 Å². The molecule has 0 aliphatic heterocycles. The summed E-state index contributed by atoms with van der Waals surface area (Å²) in [4.78, 5) is 56.7. The normalized spacial score (nSPS) is 11.0. The number of Topliss-reactive ketones (excluding diaryl/α,β-unsaturated/α-hetero) is 1. The van der Waals surface area contributed by atoms with Gasteiger partial charge in [0.2, 0.25) is 0 Å². The number of benzene rings is 12. The molecule has 0 saturated carbocycles. The minimum Gasteiger partial charge on any atom is -1.00 e. The molecule has 0 unspecified atom stereocenters. The van der Waals surface area contributed by atoms with E-state index in [9.17, 15) is 9.18 Å². The van der Waals surface area contributed by atoms with Crippen molar-refractivity contribution in [3.8, 4) is 85.1 Å². The van der Waals surface area contributed by atoms with Crippen molar-refractivity contribution < 1.29 is 165 Å². The number of nitrogens with zero attached hydrogens (tertiary/aromatic N) is 7. The standard InChI is InChI=1S/C39H25N5.C21H14FN3.C19H13N.C3H6O.CH2O3.2Cs.H/c1-3-11-25(12-4-1)37-41-38(26-13-5-2-6-14-26)43-39(42-37)27-19-21-28(22-20-27)44-33-18-10-8-16-31(33)35-34(44)24-23-30-29-15-7-9-17-32(29)40-36(30)35;22-18-13-11-17(12-14-18)21-24-19(15-7-3-1-4-8-15)23-20(25-21)16-9-5-2-6-10-16;1-2-6-14-12(5-1)11-13-9-10-16-15-7-3-4-8-17(15)20-19(16)18(13)14;1-3(2)4;2-1-4-3;;;/h1-24,40H;1-14H;1-10,20H,11H2;1-2H3;1,3H;;;/q;;;;;2*+1;-1/p-1/i;;;1D;;;;. The van der Waals surface area contributed by atoms with Gasteiger partial charge in [0, 0.05) is 89.4 Å². The van der Waals surface area contributed by atoms with Crippen LogP contribution in [0.1, 0.15) is 27.7 Å². The van der Waals surface area contributed by atoms with Crippen LogP contribution < -0.4 is 143 Å². The van der Waals surface area contributed by atoms with Gasteiger partial charge >= 0.3 is 138 Å². The van der Waals surface area contributed by atoms with E-state index in [0.29, 0.717) is 34.9 Å². The second kappa shape index (κ2) is 32.5. The zero-order chi connectivity index (χ0) is 66.9. The van der Waals surface area contributed by atoms with Crippen LogP contribution in [0.2, 0.25) is 0 Å². The van der Waals surface area contributed by atoms with Gasteiger partial charge < -0.3 is 30.9 Å². The Hall–Kier alpha value is -8.81. The van der Waals surface area contributed by atoms with Crippen LogP contribution in [0.4, 0.5) is 4.39 Å². The third-order valence-electron chi connectivity index (χ3n) is 16.7. The first-order valence-corrected chi connectivity index (χ1v) is 31.4. The van der Waals surface area contributed by atoms with Gasteiger partial charge in [-0.1, -0.05) is 218 Å². The van der Waals surface area contributed by atoms with Crippen molar-refractivity contribution in [2.75, 3.05) is 0 Å². The maximum Gasteiger partial charge on any atom is 1.00 e. The predicted molar refractivity (Wildman–Crippen MR) is 385 cm³/mol. The average molecular weight is 1530 g/mol. The smallest absolute Gasteiger partial charge is 1.00 e. The number of carbonyl (C=O) groups is 2. The minimum absolute atomic E-state index is 0. The molecule has 18 rings (SSSR count). The molecule has 12 aromatic carbocycles. The first-order chi connectivity index (χ1) is 48.2. The Morgan fingerprint density at radius 1 is 0.444 bits per heavy atom. The molecule has 17 aromatic rings. The summed E-state index contributed by atoms with van der Waals surface area (Å²) in [5, 5.41) is 16.0. The molecule has 2 N–H and O–H groups in total. The van der Waals surface area contributed by atoms with E-state index in [1.807, 2.05) is 121 Å². The number of hydrogen-bond donors (Lipinski definition) is 2. The molecule has 0 atom stereocenters. The fourth-order valence-corrected chi connectivity index (χ4v) is 12.4. The van der Waals surface area contributed by atoms with Gasteiger partial charge in [0.25, 0.3) is 6.47 Å². The summed E-state index contributed by atoms with van der Waals surface area (Å²) in [7, 11) is 0. The number of rotatable bonds is 8. The molecule has 13 nitrogen and oxygen atoms in total. The molecule has 0 spiro atoms. The van der Waals surface area contributed by atoms with Gasteiger partial charge in [0.05, 0.1) is 22.1 Å². The number of nitrogens with one attached hydrogen (secondary N) is 2. The SMILES string of the molecule is Fc1ccc(-c2nc(-c3ccccc3)nc(-c3ccccc3)n2)cc1.O=CO[O-].[2H]CC(C)=O.[Cs+].[Cs+].[H-].c1ccc(-c2nc(-c3ccccc3)nc(-c3ccc(-n4c5ccccc5c5c6[nH]c7ccccc7c6ccc54)cc3)n2)cc1.c1ccc2c(c1)Cc1ccc3c([nH]c4ccccc43)c1-2. The average Bonchev–Trinajstić information content (AvgIpc) is 1.58. The molecule has 99 heavy (non-hydrogen) atoms. The zero-order valence-electron chi connectivity index (χ0n) is 56.3. The van der Waals surface area contributed by atoms with Crippen molar-refractivity contribution in [3.63, 3.8) is 0 Å². The molecule has 0 bridgehead atoms. The molecule has 5 heterocycles. The minimum atomic E-state index is -0.288. The second-order valence-corrected chi connectivity index (χ2v) is 23.0. The maximum absolute atomic E-state index is 13.2. The largest absolute Gasteiger partial charge is 1.00 e. The monoisotopic (exact) mass is 1530 g/mol. The van der Waals surface area contributed by atoms with E-state index in [1.165, 1.54) is 95.7 Å². The molecule has 1 aliphatic carbocycles. The number of H-pyrrole nitrogens is 2. The van der Waals surface area contributed by atoms with Gasteiger partial charge in [0.15, 0.2) is 34.9 Å². The number of aromatic nitrogens is 9. The van der Waals surface area contributed by atoms with E-state index in [-0.39, 0.29) is 164 Å². The Balaban J connectivity index is 0.000000153. The van der Waals surface area contributed by atoms with Crippen molar-refractivity contribution >= 4 is 77.7 Å². The van der Waals surface area contributed by atoms with Gasteiger partial charge in [-0.25, -0.2) is 34.3 Å². The van der Waals surface area contributed by atoms with Crippen LogP contribution in [-0.4, -0.2) is 56.7 Å². The summed E-state index contributed by atoms with van der Waals surface area (Å²) >= 11 is 0. The van der Waals surface area contributed by atoms with Crippen molar-refractivity contribution in [2.24, 2.45) is 0 Å². The van der Waals surface area contributed by atoms with Gasteiger partial charge in [-0.15, -0.1) is 0 Å². The number of carbonyl (C=O) groups excluding carboxylic acids is 2. The topological polar surface area (TPSA) is 180 Å². The second-order valence-electron chi connectivity index (χ2n) is 23.0. The summed E-state index contributed by atoms with van der Waals surface area (Å²) < 4.78 is 21.9. The third kappa shape index (κ3) is 15.3. The van der Waals surface area contributed by atoms with Crippen molar-refractivity contribution in [3.05, 3.63) is 308 Å². The maximum atomic E-state index is 13.2. The summed E-state index contributed by atoms with van der Waals surface area (Å²) in [6.07, 6.45) is 1.05. The number of fused-ring (bicyclic) bond motifs is 14. The van der Waals surface area contributed by atoms with Crippen LogP contribution in [0, 0.1) is 5.82 Å². The molecular formula is C83H60Cs2FN9O4. The van der Waals surface area contributed by atoms with Crippen molar-refractivity contribution in [1.82, 2.24) is 44.4 Å². The number of halogens is 1. The molecule has 0 amide bonds. The Morgan fingerprint density at radius 2 is 0.818 bits per heavy atom. The zero-order valence-corrected chi connectivity index (χ0v) is 66.9. The fraction of sp³-hybridized carbons (Fsp3) is 0.0361. The van der Waals surface area contributed by atoms with Crippen LogP contribution >= 0.6 is 0 Å². The van der Waals surface area contributed by atoms with Crippen LogP contribution in [-0.2, 0) is 20.9 Å². The van der Waals surface area contributed by atoms with Crippen LogP contribution in [0.25, 0.3) is 151 Å². The molecule has 0 fully saturated rings. The quantitative estimate of drug-likeness (QED) is 0.0844. The molecule has 5 aromatic heterocycles. The van der Waals surface area contributed by atoms with E-state index in [1.54, 1.807) is 12.1 Å². The van der Waals surface area contributed by atoms with Gasteiger partial charge in [-0.05, 0) is 110 Å². The van der Waals surface area contributed by atoms with Crippen LogP contribution in [0.3, 0.4) is 0 Å². The molecular weight excluding hydrogens is 1470 g/mol. The molecule has 470 valence electrons. The molecule has 16 heteroatoms. The van der Waals surface area contributed by atoms with Gasteiger partial charge in [0.1, 0.15) is 11.6 Å². The summed E-state index contributed by atoms with van der Waals surface area (Å²) in [6, 6.07) is 97.8. The number of hydrogen-bond acceptors (Lipinski definition) is 10. The van der Waals surface area contributed by atoms with Crippen molar-refractivity contribution in [2.45, 2.75) is 20.2 Å². The Bertz CT molecular complexity index is 5600. The molecule has 0 radical (unpaired) electrons. The predicted octanol–water partition coefficient (Wildman–Crippen LogP) is 12.7. The summed E-state index contributed by atoms with van der Waals surface area (Å²) in [6.45, 7) is 1.13.